The molecule has 0 saturated heterocycles. The van der Waals surface area contributed by atoms with E-state index in [1.54, 1.807) is 38.1 Å². The van der Waals surface area contributed by atoms with Gasteiger partial charge in [-0.1, -0.05) is 30.3 Å². The van der Waals surface area contributed by atoms with Gasteiger partial charge < -0.3 is 14.8 Å². The summed E-state index contributed by atoms with van der Waals surface area (Å²) in [7, 11) is 0. The normalized spacial score (nSPS) is 15.5. The van der Waals surface area contributed by atoms with Crippen LogP contribution in [-0.2, 0) is 25.5 Å². The number of hydrogen-bond donors (Lipinski definition) is 1. The number of amides is 2. The minimum absolute atomic E-state index is 0.113. The fourth-order valence-electron chi connectivity index (χ4n) is 3.58. The molecule has 31 heavy (non-hydrogen) atoms. The third kappa shape index (κ3) is 4.71. The van der Waals surface area contributed by atoms with Crippen LogP contribution >= 0.6 is 0 Å². The van der Waals surface area contributed by atoms with Crippen molar-refractivity contribution in [2.75, 3.05) is 16.8 Å². The van der Waals surface area contributed by atoms with Crippen LogP contribution in [0.3, 0.4) is 0 Å². The number of fused-ring (bicyclic) bond motifs is 1. The number of hydrogen-bond acceptors (Lipinski definition) is 5. The smallest absolute Gasteiger partial charge is 0.306 e. The number of anilines is 2. The second-order valence-corrected chi connectivity index (χ2v) is 7.88. The number of aryl methyl sites for hydroxylation is 1. The largest absolute Gasteiger partial charge is 0.494 e. The van der Waals surface area contributed by atoms with Crippen molar-refractivity contribution in [2.45, 2.75) is 52.2 Å². The minimum atomic E-state index is -1.12. The molecular formula is C24H28N2O5. The quantitative estimate of drug-likeness (QED) is 0.685. The SMILES string of the molecule is CCOc1ccccc1CCC(=O)O[C@H](C)C(=O)N1c2ccccc2NC(=O)C1(C)C. The van der Waals surface area contributed by atoms with Crippen molar-refractivity contribution in [1.82, 2.24) is 0 Å². The zero-order valence-corrected chi connectivity index (χ0v) is 18.3. The average molecular weight is 424 g/mol. The van der Waals surface area contributed by atoms with Crippen LogP contribution < -0.4 is 15.0 Å². The summed E-state index contributed by atoms with van der Waals surface area (Å²) in [5.41, 5.74) is 0.905. The van der Waals surface area contributed by atoms with E-state index in [4.69, 9.17) is 9.47 Å². The Hall–Kier alpha value is -3.35. The highest BCUT2D eigenvalue weighted by atomic mass is 16.5. The van der Waals surface area contributed by atoms with Crippen molar-refractivity contribution in [3.63, 3.8) is 0 Å². The van der Waals surface area contributed by atoms with Crippen molar-refractivity contribution in [1.29, 1.82) is 0 Å². The molecule has 1 N–H and O–H groups in total. The van der Waals surface area contributed by atoms with Crippen LogP contribution in [0.5, 0.6) is 5.75 Å². The second-order valence-electron chi connectivity index (χ2n) is 7.88. The molecule has 0 spiro atoms. The monoisotopic (exact) mass is 424 g/mol. The van der Waals surface area contributed by atoms with Crippen LogP contribution in [0.2, 0.25) is 0 Å². The van der Waals surface area contributed by atoms with E-state index in [1.807, 2.05) is 31.2 Å². The van der Waals surface area contributed by atoms with Gasteiger partial charge in [0.15, 0.2) is 6.10 Å². The first-order valence-electron chi connectivity index (χ1n) is 10.4. The first-order chi connectivity index (χ1) is 14.8. The number of carbonyl (C=O) groups excluding carboxylic acids is 3. The molecule has 7 nitrogen and oxygen atoms in total. The molecule has 1 heterocycles. The number of ether oxygens (including phenoxy) is 2. The summed E-state index contributed by atoms with van der Waals surface area (Å²) >= 11 is 0. The van der Waals surface area contributed by atoms with E-state index in [-0.39, 0.29) is 12.3 Å². The molecule has 164 valence electrons. The highest BCUT2D eigenvalue weighted by Gasteiger charge is 2.45. The lowest BCUT2D eigenvalue weighted by Crippen LogP contribution is -2.60. The molecule has 0 aliphatic carbocycles. The van der Waals surface area contributed by atoms with Gasteiger partial charge in [-0.3, -0.25) is 19.3 Å². The van der Waals surface area contributed by atoms with E-state index >= 15 is 0 Å². The molecule has 1 aliphatic rings. The lowest BCUT2D eigenvalue weighted by molar-refractivity contribution is -0.154. The van der Waals surface area contributed by atoms with E-state index < -0.39 is 23.5 Å². The summed E-state index contributed by atoms with van der Waals surface area (Å²) in [5, 5.41) is 2.82. The van der Waals surface area contributed by atoms with Gasteiger partial charge in [0.1, 0.15) is 11.3 Å². The van der Waals surface area contributed by atoms with Crippen molar-refractivity contribution in [3.8, 4) is 5.75 Å². The molecule has 7 heteroatoms. The van der Waals surface area contributed by atoms with Gasteiger partial charge in [0.05, 0.1) is 18.0 Å². The first kappa shape index (κ1) is 22.3. The van der Waals surface area contributed by atoms with Gasteiger partial charge in [-0.05, 0) is 57.9 Å². The zero-order valence-electron chi connectivity index (χ0n) is 18.3. The summed E-state index contributed by atoms with van der Waals surface area (Å²) in [6.45, 7) is 7.29. The maximum atomic E-state index is 13.2. The number of benzene rings is 2. The molecule has 0 aromatic heterocycles. The van der Waals surface area contributed by atoms with Crippen LogP contribution in [0.15, 0.2) is 48.5 Å². The molecule has 1 atom stereocenters. The number of nitrogens with one attached hydrogen (secondary N) is 1. The van der Waals surface area contributed by atoms with Crippen molar-refractivity contribution >= 4 is 29.2 Å². The number of nitrogens with zero attached hydrogens (tertiary/aromatic N) is 1. The van der Waals surface area contributed by atoms with Crippen molar-refractivity contribution in [3.05, 3.63) is 54.1 Å². The van der Waals surface area contributed by atoms with E-state index in [9.17, 15) is 14.4 Å². The Balaban J connectivity index is 1.69. The molecule has 3 rings (SSSR count). The van der Waals surface area contributed by atoms with Gasteiger partial charge in [0.2, 0.25) is 5.91 Å². The van der Waals surface area contributed by atoms with Crippen molar-refractivity contribution < 1.29 is 23.9 Å². The number of carbonyl (C=O) groups is 3. The number of rotatable bonds is 7. The van der Waals surface area contributed by atoms with Crippen LogP contribution in [-0.4, -0.2) is 36.0 Å². The Bertz CT molecular complexity index is 985. The molecule has 0 bridgehead atoms. The maximum Gasteiger partial charge on any atom is 0.306 e. The molecule has 0 fully saturated rings. The minimum Gasteiger partial charge on any atom is -0.494 e. The molecule has 0 radical (unpaired) electrons. The van der Waals surface area contributed by atoms with Crippen LogP contribution in [0.1, 0.15) is 39.7 Å². The molecule has 2 amide bonds. The summed E-state index contributed by atoms with van der Waals surface area (Å²) in [4.78, 5) is 39.6. The summed E-state index contributed by atoms with van der Waals surface area (Å²) < 4.78 is 11.0. The first-order valence-corrected chi connectivity index (χ1v) is 10.4. The van der Waals surface area contributed by atoms with Crippen LogP contribution in [0, 0.1) is 0 Å². The lowest BCUT2D eigenvalue weighted by Gasteiger charge is -2.42. The predicted octanol–water partition coefficient (Wildman–Crippen LogP) is 3.71. The lowest BCUT2D eigenvalue weighted by atomic mass is 9.95. The highest BCUT2D eigenvalue weighted by Crippen LogP contribution is 2.37. The fraction of sp³-hybridized carbons (Fsp3) is 0.375. The summed E-state index contributed by atoms with van der Waals surface area (Å²) in [6.07, 6.45) is -0.480. The summed E-state index contributed by atoms with van der Waals surface area (Å²) in [5.74, 6) is -0.500. The number of esters is 1. The topological polar surface area (TPSA) is 84.9 Å². The van der Waals surface area contributed by atoms with Gasteiger partial charge in [0.25, 0.3) is 5.91 Å². The Kier molecular flexibility index (Phi) is 6.63. The van der Waals surface area contributed by atoms with Crippen LogP contribution in [0.25, 0.3) is 0 Å². The van der Waals surface area contributed by atoms with Gasteiger partial charge in [-0.25, -0.2) is 0 Å². The Morgan fingerprint density at radius 1 is 1.10 bits per heavy atom. The van der Waals surface area contributed by atoms with Crippen LogP contribution in [0.4, 0.5) is 11.4 Å². The molecule has 1 aliphatic heterocycles. The molecule has 2 aromatic rings. The van der Waals surface area contributed by atoms with E-state index in [0.29, 0.717) is 24.4 Å². The third-order valence-corrected chi connectivity index (χ3v) is 5.26. The van der Waals surface area contributed by atoms with Gasteiger partial charge >= 0.3 is 5.97 Å². The fourth-order valence-corrected chi connectivity index (χ4v) is 3.58. The second kappa shape index (κ2) is 9.20. The average Bonchev–Trinajstić information content (AvgIpc) is 2.73. The maximum absolute atomic E-state index is 13.2. The Labute approximate surface area is 182 Å². The predicted molar refractivity (Wildman–Crippen MR) is 118 cm³/mol. The van der Waals surface area contributed by atoms with Gasteiger partial charge in [-0.2, -0.15) is 0 Å². The van der Waals surface area contributed by atoms with Gasteiger partial charge in [0, 0.05) is 6.42 Å². The zero-order chi connectivity index (χ0) is 22.6. The molecule has 0 unspecified atom stereocenters. The van der Waals surface area contributed by atoms with Crippen molar-refractivity contribution in [2.24, 2.45) is 0 Å². The standard InChI is InChI=1S/C24H28N2O5/c1-5-30-20-13-9-6-10-17(20)14-15-21(27)31-16(2)22(28)26-19-12-8-7-11-18(19)25-23(29)24(26,3)4/h6-13,16H,5,14-15H2,1-4H3,(H,25,29)/t16-/m1/s1. The van der Waals surface area contributed by atoms with E-state index in [2.05, 4.69) is 5.32 Å². The molecule has 0 saturated carbocycles. The van der Waals surface area contributed by atoms with Gasteiger partial charge in [-0.15, -0.1) is 0 Å². The number of para-hydroxylation sites is 3. The molecular weight excluding hydrogens is 396 g/mol. The van der Waals surface area contributed by atoms with E-state index in [0.717, 1.165) is 11.3 Å². The Morgan fingerprint density at radius 3 is 2.52 bits per heavy atom. The molecule has 2 aromatic carbocycles. The third-order valence-electron chi connectivity index (χ3n) is 5.26. The Morgan fingerprint density at radius 2 is 1.77 bits per heavy atom. The highest BCUT2D eigenvalue weighted by molar-refractivity contribution is 6.15. The van der Waals surface area contributed by atoms with E-state index in [1.165, 1.54) is 11.8 Å². The summed E-state index contributed by atoms with van der Waals surface area (Å²) in [6, 6.07) is 14.6.